The molecule has 76 valence electrons. The van der Waals surface area contributed by atoms with E-state index in [2.05, 4.69) is 21.9 Å². The maximum Gasteiger partial charge on any atom is 0.234 e. The van der Waals surface area contributed by atoms with Crippen LogP contribution in [0, 0.1) is 0 Å². The molecule has 0 radical (unpaired) electrons. The molecule has 1 aromatic heterocycles. The van der Waals surface area contributed by atoms with Gasteiger partial charge in [0.25, 0.3) is 0 Å². The van der Waals surface area contributed by atoms with E-state index in [1.807, 2.05) is 0 Å². The molecule has 5 heteroatoms. The highest BCUT2D eigenvalue weighted by molar-refractivity contribution is 6.29. The highest BCUT2D eigenvalue weighted by Crippen LogP contribution is 2.15. The summed E-state index contributed by atoms with van der Waals surface area (Å²) in [6.07, 6.45) is 4.33. The number of likely N-dealkylation sites (N-methyl/N-ethyl adjacent to an activating group) is 1. The molecule has 0 bridgehead atoms. The van der Waals surface area contributed by atoms with Gasteiger partial charge in [0.05, 0.1) is 12.4 Å². The van der Waals surface area contributed by atoms with E-state index in [4.69, 9.17) is 16.3 Å². The first-order valence-corrected chi connectivity index (χ1v) is 4.94. The molecule has 1 saturated heterocycles. The van der Waals surface area contributed by atoms with Crippen molar-refractivity contribution in [3.63, 3.8) is 0 Å². The van der Waals surface area contributed by atoms with Gasteiger partial charge in [-0.3, -0.25) is 4.98 Å². The Balaban J connectivity index is 1.97. The largest absolute Gasteiger partial charge is 0.472 e. The number of hydrogen-bond donors (Lipinski definition) is 0. The first kappa shape index (κ1) is 9.68. The average molecular weight is 214 g/mol. The summed E-state index contributed by atoms with van der Waals surface area (Å²) < 4.78 is 5.63. The molecule has 1 fully saturated rings. The Morgan fingerprint density at radius 3 is 3.07 bits per heavy atom. The minimum Gasteiger partial charge on any atom is -0.472 e. The zero-order valence-electron chi connectivity index (χ0n) is 7.98. The van der Waals surface area contributed by atoms with Crippen LogP contribution in [0.5, 0.6) is 5.88 Å². The Kier molecular flexibility index (Phi) is 2.84. The van der Waals surface area contributed by atoms with E-state index in [1.54, 1.807) is 6.20 Å². The fraction of sp³-hybridized carbons (Fsp3) is 0.556. The predicted molar refractivity (Wildman–Crippen MR) is 53.6 cm³/mol. The van der Waals surface area contributed by atoms with Crippen molar-refractivity contribution in [3.8, 4) is 5.88 Å². The lowest BCUT2D eigenvalue weighted by Gasteiger charge is -2.12. The Hall–Kier alpha value is -0.870. The van der Waals surface area contributed by atoms with Gasteiger partial charge in [0, 0.05) is 13.1 Å². The molecule has 4 nitrogen and oxygen atoms in total. The van der Waals surface area contributed by atoms with Crippen LogP contribution < -0.4 is 4.74 Å². The SMILES string of the molecule is CN1CC[C@H](Oc2cncc(Cl)n2)C1. The van der Waals surface area contributed by atoms with E-state index >= 15 is 0 Å². The Labute approximate surface area is 87.9 Å². The maximum absolute atomic E-state index is 5.69. The van der Waals surface area contributed by atoms with E-state index in [9.17, 15) is 0 Å². The molecule has 2 heterocycles. The highest BCUT2D eigenvalue weighted by Gasteiger charge is 2.21. The standard InChI is InChI=1S/C9H12ClN3O/c1-13-3-2-7(6-13)14-9-5-11-4-8(10)12-9/h4-5,7H,2-3,6H2,1H3/t7-/m0/s1. The van der Waals surface area contributed by atoms with Gasteiger partial charge in [-0.1, -0.05) is 11.6 Å². The third kappa shape index (κ3) is 2.33. The average Bonchev–Trinajstić information content (AvgIpc) is 2.51. The van der Waals surface area contributed by atoms with Gasteiger partial charge in [-0.25, -0.2) is 0 Å². The molecular weight excluding hydrogens is 202 g/mol. The second kappa shape index (κ2) is 4.11. The van der Waals surface area contributed by atoms with Crippen LogP contribution in [0.4, 0.5) is 0 Å². The van der Waals surface area contributed by atoms with Crippen molar-refractivity contribution in [3.05, 3.63) is 17.5 Å². The molecule has 0 aromatic carbocycles. The summed E-state index contributed by atoms with van der Waals surface area (Å²) in [7, 11) is 2.08. The zero-order valence-corrected chi connectivity index (χ0v) is 8.74. The lowest BCUT2D eigenvalue weighted by Crippen LogP contribution is -2.21. The van der Waals surface area contributed by atoms with E-state index in [0.717, 1.165) is 19.5 Å². The lowest BCUT2D eigenvalue weighted by atomic mass is 10.3. The van der Waals surface area contributed by atoms with Gasteiger partial charge in [0.15, 0.2) is 5.15 Å². The lowest BCUT2D eigenvalue weighted by molar-refractivity contribution is 0.199. The minimum atomic E-state index is 0.216. The number of hydrogen-bond acceptors (Lipinski definition) is 4. The van der Waals surface area contributed by atoms with Crippen LogP contribution in [-0.4, -0.2) is 41.1 Å². The summed E-state index contributed by atoms with van der Waals surface area (Å²) in [4.78, 5) is 10.2. The molecule has 0 spiro atoms. The van der Waals surface area contributed by atoms with Crippen molar-refractivity contribution >= 4 is 11.6 Å². The van der Waals surface area contributed by atoms with Crippen molar-refractivity contribution in [1.29, 1.82) is 0 Å². The fourth-order valence-corrected chi connectivity index (χ4v) is 1.68. The third-order valence-electron chi connectivity index (χ3n) is 2.22. The van der Waals surface area contributed by atoms with Gasteiger partial charge in [0.1, 0.15) is 6.10 Å². The number of nitrogens with zero attached hydrogens (tertiary/aromatic N) is 3. The normalized spacial score (nSPS) is 22.6. The number of ether oxygens (including phenoxy) is 1. The summed E-state index contributed by atoms with van der Waals surface area (Å²) in [5.41, 5.74) is 0. The second-order valence-corrected chi connectivity index (χ2v) is 3.86. The van der Waals surface area contributed by atoms with Gasteiger partial charge >= 0.3 is 0 Å². The Morgan fingerprint density at radius 1 is 1.57 bits per heavy atom. The van der Waals surface area contributed by atoms with E-state index in [0.29, 0.717) is 11.0 Å². The Morgan fingerprint density at radius 2 is 2.43 bits per heavy atom. The van der Waals surface area contributed by atoms with E-state index < -0.39 is 0 Å². The smallest absolute Gasteiger partial charge is 0.234 e. The van der Waals surface area contributed by atoms with Crippen molar-refractivity contribution in [2.45, 2.75) is 12.5 Å². The van der Waals surface area contributed by atoms with Crippen LogP contribution in [0.15, 0.2) is 12.4 Å². The van der Waals surface area contributed by atoms with Crippen molar-refractivity contribution < 1.29 is 4.74 Å². The summed E-state index contributed by atoms with van der Waals surface area (Å²) in [6.45, 7) is 2.01. The minimum absolute atomic E-state index is 0.216. The van der Waals surface area contributed by atoms with Gasteiger partial charge < -0.3 is 9.64 Å². The van der Waals surface area contributed by atoms with E-state index in [-0.39, 0.29) is 6.10 Å². The number of likely N-dealkylation sites (tertiary alicyclic amines) is 1. The van der Waals surface area contributed by atoms with Crippen molar-refractivity contribution in [2.24, 2.45) is 0 Å². The third-order valence-corrected chi connectivity index (χ3v) is 2.40. The van der Waals surface area contributed by atoms with Crippen LogP contribution >= 0.6 is 11.6 Å². The van der Waals surface area contributed by atoms with Crippen molar-refractivity contribution in [1.82, 2.24) is 14.9 Å². The molecule has 1 aliphatic heterocycles. The van der Waals surface area contributed by atoms with Crippen LogP contribution in [0.2, 0.25) is 5.15 Å². The summed E-state index contributed by atoms with van der Waals surface area (Å²) in [6, 6.07) is 0. The first-order valence-electron chi connectivity index (χ1n) is 4.57. The highest BCUT2D eigenvalue weighted by atomic mass is 35.5. The van der Waals surface area contributed by atoms with Crippen LogP contribution in [-0.2, 0) is 0 Å². The summed E-state index contributed by atoms with van der Waals surface area (Å²) in [5.74, 6) is 0.512. The first-order chi connectivity index (χ1) is 6.74. The summed E-state index contributed by atoms with van der Waals surface area (Å²) >= 11 is 5.69. The molecule has 1 atom stereocenters. The monoisotopic (exact) mass is 213 g/mol. The Bertz CT molecular complexity index is 321. The molecular formula is C9H12ClN3O. The molecule has 1 aliphatic rings. The molecule has 0 N–H and O–H groups in total. The van der Waals surface area contributed by atoms with Gasteiger partial charge in [-0.15, -0.1) is 0 Å². The molecule has 0 aliphatic carbocycles. The number of aromatic nitrogens is 2. The van der Waals surface area contributed by atoms with E-state index in [1.165, 1.54) is 6.20 Å². The zero-order chi connectivity index (χ0) is 9.97. The van der Waals surface area contributed by atoms with Crippen LogP contribution in [0.3, 0.4) is 0 Å². The van der Waals surface area contributed by atoms with Gasteiger partial charge in [0.2, 0.25) is 5.88 Å². The van der Waals surface area contributed by atoms with Crippen molar-refractivity contribution in [2.75, 3.05) is 20.1 Å². The van der Waals surface area contributed by atoms with Gasteiger partial charge in [-0.05, 0) is 13.5 Å². The van der Waals surface area contributed by atoms with Crippen LogP contribution in [0.25, 0.3) is 0 Å². The molecule has 0 amide bonds. The van der Waals surface area contributed by atoms with Gasteiger partial charge in [-0.2, -0.15) is 4.98 Å². The van der Waals surface area contributed by atoms with Crippen LogP contribution in [0.1, 0.15) is 6.42 Å². The molecule has 0 unspecified atom stereocenters. The molecule has 2 rings (SSSR count). The second-order valence-electron chi connectivity index (χ2n) is 3.47. The topological polar surface area (TPSA) is 38.2 Å². The number of rotatable bonds is 2. The predicted octanol–water partition coefficient (Wildman–Crippen LogP) is 1.21. The molecule has 1 aromatic rings. The summed E-state index contributed by atoms with van der Waals surface area (Å²) in [5, 5.41) is 0.369. The number of halogens is 1. The maximum atomic E-state index is 5.69. The quantitative estimate of drug-likeness (QED) is 0.741. The fourth-order valence-electron chi connectivity index (χ4n) is 1.54. The molecule has 0 saturated carbocycles. The molecule has 14 heavy (non-hydrogen) atoms.